The minimum atomic E-state index is -0.452. The van der Waals surface area contributed by atoms with Crippen molar-refractivity contribution in [2.24, 2.45) is 5.73 Å². The van der Waals surface area contributed by atoms with Crippen molar-refractivity contribution in [3.05, 3.63) is 29.8 Å². The van der Waals surface area contributed by atoms with Crippen LogP contribution < -0.4 is 10.5 Å². The summed E-state index contributed by atoms with van der Waals surface area (Å²) < 4.78 is 5.35. The number of hydrogen-bond donors (Lipinski definition) is 1. The Morgan fingerprint density at radius 2 is 2.15 bits per heavy atom. The maximum absolute atomic E-state index is 10.9. The highest BCUT2D eigenvalue weighted by molar-refractivity contribution is 5.95. The smallest absolute Gasteiger partial charge is 0.252 e. The Morgan fingerprint density at radius 1 is 1.46 bits per heavy atom. The van der Waals surface area contributed by atoms with E-state index in [0.29, 0.717) is 17.9 Å². The van der Waals surface area contributed by atoms with Gasteiger partial charge in [-0.15, -0.1) is 0 Å². The minimum absolute atomic E-state index is 0.441. The van der Waals surface area contributed by atoms with Crippen molar-refractivity contribution in [1.29, 1.82) is 0 Å². The SMILES string of the molecule is CCCOc1ccccc1C(N)=O. The maximum Gasteiger partial charge on any atom is 0.252 e. The lowest BCUT2D eigenvalue weighted by Gasteiger charge is -2.07. The normalized spacial score (nSPS) is 9.62. The number of rotatable bonds is 4. The van der Waals surface area contributed by atoms with Crippen LogP contribution in [-0.2, 0) is 0 Å². The van der Waals surface area contributed by atoms with E-state index in [1.165, 1.54) is 0 Å². The van der Waals surface area contributed by atoms with Crippen molar-refractivity contribution >= 4 is 5.91 Å². The van der Waals surface area contributed by atoms with Crippen LogP contribution in [0, 0.1) is 0 Å². The second-order valence-electron chi connectivity index (χ2n) is 2.71. The van der Waals surface area contributed by atoms with Gasteiger partial charge < -0.3 is 10.5 Å². The molecule has 1 amide bonds. The predicted molar refractivity (Wildman–Crippen MR) is 50.7 cm³/mol. The number of ether oxygens (including phenoxy) is 1. The van der Waals surface area contributed by atoms with Crippen molar-refractivity contribution in [2.75, 3.05) is 6.61 Å². The summed E-state index contributed by atoms with van der Waals surface area (Å²) in [6, 6.07) is 6.99. The summed E-state index contributed by atoms with van der Waals surface area (Å²) in [5, 5.41) is 0. The molecule has 3 nitrogen and oxygen atoms in total. The number of hydrogen-bond acceptors (Lipinski definition) is 2. The van der Waals surface area contributed by atoms with E-state index in [4.69, 9.17) is 10.5 Å². The molecule has 0 bridgehead atoms. The van der Waals surface area contributed by atoms with E-state index in [2.05, 4.69) is 0 Å². The van der Waals surface area contributed by atoms with Gasteiger partial charge >= 0.3 is 0 Å². The third-order valence-corrected chi connectivity index (χ3v) is 1.61. The molecule has 0 aliphatic heterocycles. The Bertz CT molecular complexity index is 297. The first-order valence-corrected chi connectivity index (χ1v) is 4.27. The highest BCUT2D eigenvalue weighted by atomic mass is 16.5. The molecule has 0 saturated carbocycles. The lowest BCUT2D eigenvalue weighted by atomic mass is 10.2. The summed E-state index contributed by atoms with van der Waals surface area (Å²) in [4.78, 5) is 10.9. The van der Waals surface area contributed by atoms with Gasteiger partial charge in [0, 0.05) is 0 Å². The first-order chi connectivity index (χ1) is 6.25. The summed E-state index contributed by atoms with van der Waals surface area (Å²) in [6.07, 6.45) is 0.910. The molecule has 13 heavy (non-hydrogen) atoms. The van der Waals surface area contributed by atoms with Crippen LogP contribution in [0.15, 0.2) is 24.3 Å². The molecule has 0 aromatic heterocycles. The lowest BCUT2D eigenvalue weighted by Crippen LogP contribution is -2.13. The van der Waals surface area contributed by atoms with E-state index in [-0.39, 0.29) is 0 Å². The standard InChI is InChI=1S/C10H13NO2/c1-2-7-13-9-6-4-3-5-8(9)10(11)12/h3-6H,2,7H2,1H3,(H2,11,12). The molecule has 0 aliphatic carbocycles. The zero-order valence-corrected chi connectivity index (χ0v) is 7.62. The van der Waals surface area contributed by atoms with E-state index in [0.717, 1.165) is 6.42 Å². The number of nitrogens with two attached hydrogens (primary N) is 1. The molecule has 0 spiro atoms. The molecule has 0 heterocycles. The molecule has 1 rings (SSSR count). The molecule has 0 fully saturated rings. The number of primary amides is 1. The van der Waals surface area contributed by atoms with E-state index >= 15 is 0 Å². The third kappa shape index (κ3) is 2.47. The van der Waals surface area contributed by atoms with Crippen LogP contribution in [0.4, 0.5) is 0 Å². The first kappa shape index (κ1) is 9.58. The van der Waals surface area contributed by atoms with E-state index < -0.39 is 5.91 Å². The second-order valence-corrected chi connectivity index (χ2v) is 2.71. The molecule has 3 heteroatoms. The quantitative estimate of drug-likeness (QED) is 0.762. The van der Waals surface area contributed by atoms with Gasteiger partial charge in [0.15, 0.2) is 0 Å². The molecule has 70 valence electrons. The number of para-hydroxylation sites is 1. The Balaban J connectivity index is 2.84. The number of amides is 1. The van der Waals surface area contributed by atoms with Gasteiger partial charge in [-0.05, 0) is 18.6 Å². The zero-order chi connectivity index (χ0) is 9.68. The zero-order valence-electron chi connectivity index (χ0n) is 7.62. The molecule has 1 aromatic carbocycles. The van der Waals surface area contributed by atoms with Gasteiger partial charge in [-0.3, -0.25) is 4.79 Å². The minimum Gasteiger partial charge on any atom is -0.493 e. The Morgan fingerprint density at radius 3 is 2.77 bits per heavy atom. The van der Waals surface area contributed by atoms with E-state index in [1.54, 1.807) is 18.2 Å². The average Bonchev–Trinajstić information content (AvgIpc) is 2.15. The molecule has 1 aromatic rings. The molecule has 0 atom stereocenters. The van der Waals surface area contributed by atoms with Gasteiger partial charge in [-0.25, -0.2) is 0 Å². The Kier molecular flexibility index (Phi) is 3.31. The Hall–Kier alpha value is -1.51. The van der Waals surface area contributed by atoms with Gasteiger partial charge in [0.2, 0.25) is 0 Å². The van der Waals surface area contributed by atoms with Crippen molar-refractivity contribution in [3.63, 3.8) is 0 Å². The fourth-order valence-corrected chi connectivity index (χ4v) is 1.01. The predicted octanol–water partition coefficient (Wildman–Crippen LogP) is 1.57. The topological polar surface area (TPSA) is 52.3 Å². The van der Waals surface area contributed by atoms with Gasteiger partial charge in [0.1, 0.15) is 5.75 Å². The van der Waals surface area contributed by atoms with Crippen molar-refractivity contribution < 1.29 is 9.53 Å². The molecular weight excluding hydrogens is 166 g/mol. The summed E-state index contributed by atoms with van der Waals surface area (Å²) in [7, 11) is 0. The fourth-order valence-electron chi connectivity index (χ4n) is 1.01. The molecule has 0 aliphatic rings. The van der Waals surface area contributed by atoms with Crippen LogP contribution in [0.3, 0.4) is 0 Å². The molecule has 2 N–H and O–H groups in total. The highest BCUT2D eigenvalue weighted by Crippen LogP contribution is 2.16. The molecule has 0 unspecified atom stereocenters. The summed E-state index contributed by atoms with van der Waals surface area (Å²) in [6.45, 7) is 2.61. The maximum atomic E-state index is 10.9. The molecule has 0 saturated heterocycles. The number of carbonyl (C=O) groups excluding carboxylic acids is 1. The third-order valence-electron chi connectivity index (χ3n) is 1.61. The highest BCUT2D eigenvalue weighted by Gasteiger charge is 2.06. The van der Waals surface area contributed by atoms with Crippen molar-refractivity contribution in [2.45, 2.75) is 13.3 Å². The van der Waals surface area contributed by atoms with Crippen LogP contribution in [0.2, 0.25) is 0 Å². The molecular formula is C10H13NO2. The van der Waals surface area contributed by atoms with Gasteiger partial charge in [-0.1, -0.05) is 19.1 Å². The largest absolute Gasteiger partial charge is 0.493 e. The fraction of sp³-hybridized carbons (Fsp3) is 0.300. The van der Waals surface area contributed by atoms with Crippen LogP contribution in [0.5, 0.6) is 5.75 Å². The first-order valence-electron chi connectivity index (χ1n) is 4.27. The van der Waals surface area contributed by atoms with E-state index in [1.807, 2.05) is 13.0 Å². The summed E-state index contributed by atoms with van der Waals surface area (Å²) in [5.74, 6) is 0.114. The van der Waals surface area contributed by atoms with E-state index in [9.17, 15) is 4.79 Å². The van der Waals surface area contributed by atoms with Gasteiger partial charge in [-0.2, -0.15) is 0 Å². The second kappa shape index (κ2) is 4.50. The molecule has 0 radical (unpaired) electrons. The van der Waals surface area contributed by atoms with Crippen molar-refractivity contribution in [1.82, 2.24) is 0 Å². The van der Waals surface area contributed by atoms with Gasteiger partial charge in [0.05, 0.1) is 12.2 Å². The summed E-state index contributed by atoms with van der Waals surface area (Å²) >= 11 is 0. The van der Waals surface area contributed by atoms with Crippen LogP contribution in [0.1, 0.15) is 23.7 Å². The van der Waals surface area contributed by atoms with Crippen LogP contribution in [-0.4, -0.2) is 12.5 Å². The van der Waals surface area contributed by atoms with Crippen LogP contribution >= 0.6 is 0 Å². The Labute approximate surface area is 77.5 Å². The monoisotopic (exact) mass is 179 g/mol. The number of benzene rings is 1. The number of carbonyl (C=O) groups is 1. The average molecular weight is 179 g/mol. The lowest BCUT2D eigenvalue weighted by molar-refractivity contribution is 0.0996. The summed E-state index contributed by atoms with van der Waals surface area (Å²) in [5.41, 5.74) is 5.61. The van der Waals surface area contributed by atoms with Crippen LogP contribution in [0.25, 0.3) is 0 Å². The van der Waals surface area contributed by atoms with Gasteiger partial charge in [0.25, 0.3) is 5.91 Å². The van der Waals surface area contributed by atoms with Crippen molar-refractivity contribution in [3.8, 4) is 5.75 Å².